The summed E-state index contributed by atoms with van der Waals surface area (Å²) in [4.78, 5) is 26.7. The molecule has 7 heteroatoms. The Kier molecular flexibility index (Phi) is 3.02. The summed E-state index contributed by atoms with van der Waals surface area (Å²) in [6.07, 6.45) is 5.65. The van der Waals surface area contributed by atoms with E-state index in [-0.39, 0.29) is 24.0 Å². The van der Waals surface area contributed by atoms with E-state index >= 15 is 0 Å². The van der Waals surface area contributed by atoms with Gasteiger partial charge in [0, 0.05) is 5.56 Å². The summed E-state index contributed by atoms with van der Waals surface area (Å²) < 4.78 is 10.3. The fraction of sp³-hybridized carbons (Fsp3) is 0.308. The fourth-order valence-electron chi connectivity index (χ4n) is 2.29. The number of furan rings is 1. The van der Waals surface area contributed by atoms with Crippen LogP contribution in [-0.4, -0.2) is 16.8 Å². The number of nitrogens with zero attached hydrogens (tertiary/aromatic N) is 1. The lowest BCUT2D eigenvalue weighted by Crippen LogP contribution is -2.23. The number of nitrogens with two attached hydrogens (primary N) is 1. The Morgan fingerprint density at radius 2 is 2.15 bits per heavy atom. The summed E-state index contributed by atoms with van der Waals surface area (Å²) in [6.45, 7) is 0.0710. The molecule has 20 heavy (non-hydrogen) atoms. The second-order valence-electron chi connectivity index (χ2n) is 4.60. The molecule has 0 radical (unpaired) electrons. The van der Waals surface area contributed by atoms with Crippen LogP contribution in [0, 0.1) is 0 Å². The molecule has 2 heterocycles. The molecule has 2 aromatic rings. The minimum atomic E-state index is -0.671. The normalized spacial score (nSPS) is 13.2. The monoisotopic (exact) mass is 275 g/mol. The van der Waals surface area contributed by atoms with Gasteiger partial charge in [0.05, 0.1) is 12.8 Å². The average molecular weight is 275 g/mol. The summed E-state index contributed by atoms with van der Waals surface area (Å²) in [7, 11) is 0. The van der Waals surface area contributed by atoms with Crippen molar-refractivity contribution < 1.29 is 18.4 Å². The first-order valence-electron chi connectivity index (χ1n) is 6.27. The number of aromatic nitrogens is 1. The largest absolute Gasteiger partial charge is 0.459 e. The zero-order chi connectivity index (χ0) is 14.1. The number of aryl methyl sites for hydroxylation is 1. The molecule has 0 aromatic carbocycles. The van der Waals surface area contributed by atoms with Crippen LogP contribution in [0.4, 0.5) is 0 Å². The Labute approximate surface area is 114 Å². The number of fused-ring (bicyclic) bond motifs is 1. The molecule has 0 spiro atoms. The molecular weight excluding hydrogens is 262 g/mol. The molecule has 0 aliphatic heterocycles. The summed E-state index contributed by atoms with van der Waals surface area (Å²) >= 11 is 0. The molecule has 3 N–H and O–H groups in total. The molecule has 0 saturated carbocycles. The van der Waals surface area contributed by atoms with Gasteiger partial charge in [0.15, 0.2) is 11.5 Å². The highest BCUT2D eigenvalue weighted by Crippen LogP contribution is 2.26. The van der Waals surface area contributed by atoms with Crippen LogP contribution in [0.2, 0.25) is 0 Å². The van der Waals surface area contributed by atoms with Crippen molar-refractivity contribution in [3.63, 3.8) is 0 Å². The third-order valence-corrected chi connectivity index (χ3v) is 3.26. The van der Waals surface area contributed by atoms with Crippen LogP contribution in [0.3, 0.4) is 0 Å². The van der Waals surface area contributed by atoms with Crippen molar-refractivity contribution in [1.29, 1.82) is 0 Å². The number of primary amides is 1. The summed E-state index contributed by atoms with van der Waals surface area (Å²) in [5.74, 6) is -0.420. The molecule has 2 aromatic heterocycles. The van der Waals surface area contributed by atoms with Crippen LogP contribution in [-0.2, 0) is 19.4 Å². The van der Waals surface area contributed by atoms with Crippen molar-refractivity contribution in [3.8, 4) is 0 Å². The van der Waals surface area contributed by atoms with Crippen molar-refractivity contribution in [2.24, 2.45) is 5.73 Å². The third kappa shape index (κ3) is 2.18. The number of rotatable bonds is 4. The number of amides is 2. The van der Waals surface area contributed by atoms with E-state index in [4.69, 9.17) is 14.6 Å². The van der Waals surface area contributed by atoms with Gasteiger partial charge >= 0.3 is 0 Å². The molecule has 7 nitrogen and oxygen atoms in total. The van der Waals surface area contributed by atoms with E-state index in [9.17, 15) is 9.59 Å². The third-order valence-electron chi connectivity index (χ3n) is 3.26. The van der Waals surface area contributed by atoms with E-state index in [1.807, 2.05) is 0 Å². The molecule has 1 aliphatic rings. The second kappa shape index (κ2) is 4.84. The van der Waals surface area contributed by atoms with Gasteiger partial charge in [0.1, 0.15) is 6.26 Å². The zero-order valence-corrected chi connectivity index (χ0v) is 10.6. The Balaban J connectivity index is 1.65. The molecule has 0 unspecified atom stereocenters. The lowest BCUT2D eigenvalue weighted by atomic mass is 10.2. The number of hydrogen-bond donors (Lipinski definition) is 2. The maximum Gasteiger partial charge on any atom is 0.287 e. The highest BCUT2D eigenvalue weighted by molar-refractivity contribution is 5.93. The SMILES string of the molecule is NC(=O)c1coc(CNC(=O)c2occ3c2CCC3)n1. The second-order valence-corrected chi connectivity index (χ2v) is 4.60. The number of carbonyl (C=O) groups excluding carboxylic acids is 2. The molecule has 0 atom stereocenters. The molecule has 104 valence electrons. The van der Waals surface area contributed by atoms with Crippen molar-refractivity contribution in [2.75, 3.05) is 0 Å². The van der Waals surface area contributed by atoms with E-state index < -0.39 is 5.91 Å². The van der Waals surface area contributed by atoms with E-state index in [1.54, 1.807) is 6.26 Å². The molecular formula is C13H13N3O4. The predicted octanol–water partition coefficient (Wildman–Crippen LogP) is 0.785. The smallest absolute Gasteiger partial charge is 0.287 e. The summed E-state index contributed by atoms with van der Waals surface area (Å²) in [5, 5.41) is 2.64. The van der Waals surface area contributed by atoms with Crippen LogP contribution in [0.1, 0.15) is 44.5 Å². The van der Waals surface area contributed by atoms with Crippen molar-refractivity contribution in [1.82, 2.24) is 10.3 Å². The van der Waals surface area contributed by atoms with Gasteiger partial charge in [-0.2, -0.15) is 0 Å². The molecule has 0 saturated heterocycles. The van der Waals surface area contributed by atoms with Gasteiger partial charge in [-0.3, -0.25) is 9.59 Å². The standard InChI is InChI=1S/C13H13N3O4/c14-12(17)9-6-19-10(16-9)4-15-13(18)11-8-3-1-2-7(8)5-20-11/h5-6H,1-4H2,(H2,14,17)(H,15,18). The number of carbonyl (C=O) groups is 2. The Hall–Kier alpha value is -2.57. The van der Waals surface area contributed by atoms with Gasteiger partial charge in [-0.1, -0.05) is 0 Å². The van der Waals surface area contributed by atoms with E-state index in [0.717, 1.165) is 36.7 Å². The van der Waals surface area contributed by atoms with Gasteiger partial charge in [0.2, 0.25) is 5.89 Å². The van der Waals surface area contributed by atoms with E-state index in [1.165, 1.54) is 0 Å². The topological polar surface area (TPSA) is 111 Å². The quantitative estimate of drug-likeness (QED) is 0.856. The van der Waals surface area contributed by atoms with Crippen molar-refractivity contribution in [2.45, 2.75) is 25.8 Å². The van der Waals surface area contributed by atoms with E-state index in [2.05, 4.69) is 10.3 Å². The molecule has 2 amide bonds. The predicted molar refractivity (Wildman–Crippen MR) is 66.9 cm³/mol. The highest BCUT2D eigenvalue weighted by Gasteiger charge is 2.23. The minimum Gasteiger partial charge on any atom is -0.459 e. The van der Waals surface area contributed by atoms with Gasteiger partial charge in [-0.05, 0) is 24.8 Å². The molecule has 1 aliphatic carbocycles. The van der Waals surface area contributed by atoms with Crippen LogP contribution >= 0.6 is 0 Å². The van der Waals surface area contributed by atoms with Gasteiger partial charge in [0.25, 0.3) is 11.8 Å². The fourth-order valence-corrected chi connectivity index (χ4v) is 2.29. The molecule has 0 bridgehead atoms. The number of hydrogen-bond acceptors (Lipinski definition) is 5. The zero-order valence-electron chi connectivity index (χ0n) is 10.6. The minimum absolute atomic E-state index is 0.0353. The summed E-state index contributed by atoms with van der Waals surface area (Å²) in [5.41, 5.74) is 7.17. The maximum atomic E-state index is 12.0. The highest BCUT2D eigenvalue weighted by atomic mass is 16.3. The molecule has 3 rings (SSSR count). The number of oxazole rings is 1. The first-order chi connectivity index (χ1) is 9.65. The van der Waals surface area contributed by atoms with Crippen LogP contribution in [0.5, 0.6) is 0 Å². The summed E-state index contributed by atoms with van der Waals surface area (Å²) in [6, 6.07) is 0. The van der Waals surface area contributed by atoms with E-state index in [0.29, 0.717) is 5.76 Å². The van der Waals surface area contributed by atoms with Crippen LogP contribution in [0.15, 0.2) is 21.4 Å². The lowest BCUT2D eigenvalue weighted by molar-refractivity contribution is 0.0917. The lowest BCUT2D eigenvalue weighted by Gasteiger charge is -2.01. The van der Waals surface area contributed by atoms with Crippen LogP contribution < -0.4 is 11.1 Å². The van der Waals surface area contributed by atoms with Gasteiger partial charge in [-0.15, -0.1) is 0 Å². The van der Waals surface area contributed by atoms with Gasteiger partial charge in [-0.25, -0.2) is 4.98 Å². The average Bonchev–Trinajstić information content (AvgIpc) is 3.11. The first kappa shape index (κ1) is 12.5. The van der Waals surface area contributed by atoms with Crippen molar-refractivity contribution >= 4 is 11.8 Å². The Bertz CT molecular complexity index is 671. The molecule has 0 fully saturated rings. The Morgan fingerprint density at radius 1 is 1.30 bits per heavy atom. The number of nitrogens with one attached hydrogen (secondary N) is 1. The van der Waals surface area contributed by atoms with Crippen molar-refractivity contribution in [3.05, 3.63) is 41.0 Å². The first-order valence-corrected chi connectivity index (χ1v) is 6.27. The van der Waals surface area contributed by atoms with Gasteiger partial charge < -0.3 is 19.9 Å². The maximum absolute atomic E-state index is 12.0. The van der Waals surface area contributed by atoms with Crippen LogP contribution in [0.25, 0.3) is 0 Å². The Morgan fingerprint density at radius 3 is 2.90 bits per heavy atom.